The van der Waals surface area contributed by atoms with Crippen LogP contribution in [0.15, 0.2) is 85.2 Å². The molecule has 0 saturated carbocycles. The molecule has 0 bridgehead atoms. The summed E-state index contributed by atoms with van der Waals surface area (Å²) in [5.74, 6) is -0.698. The maximum atomic E-state index is 14.8. The number of nitrogens with one attached hydrogen (secondary N) is 2. The molecule has 4 heterocycles. The summed E-state index contributed by atoms with van der Waals surface area (Å²) in [5, 5.41) is 30.9. The Morgan fingerprint density at radius 1 is 0.957 bits per heavy atom. The zero-order valence-corrected chi connectivity index (χ0v) is 24.2. The highest BCUT2D eigenvalue weighted by Gasteiger charge is 2.31. The van der Waals surface area contributed by atoms with Gasteiger partial charge in [0, 0.05) is 35.8 Å². The van der Waals surface area contributed by atoms with Crippen molar-refractivity contribution in [2.75, 3.05) is 0 Å². The van der Waals surface area contributed by atoms with Gasteiger partial charge in [-0.3, -0.25) is 15.0 Å². The number of halogens is 4. The van der Waals surface area contributed by atoms with Gasteiger partial charge in [0.15, 0.2) is 11.9 Å². The molecule has 0 saturated heterocycles. The number of rotatable bonds is 12. The second-order valence-corrected chi connectivity index (χ2v) is 10.5. The number of hydrogen-bond acceptors (Lipinski definition) is 8. The highest BCUT2D eigenvalue weighted by atomic mass is 19.4. The van der Waals surface area contributed by atoms with E-state index < -0.39 is 12.6 Å². The monoisotopic (exact) mass is 632 g/mol. The number of aryl methyl sites for hydroxylation is 2. The van der Waals surface area contributed by atoms with Gasteiger partial charge in [-0.1, -0.05) is 35.5 Å². The predicted octanol–water partition coefficient (Wildman–Crippen LogP) is 6.12. The minimum Gasteiger partial charge on any atom is -0.406 e. The van der Waals surface area contributed by atoms with E-state index in [1.165, 1.54) is 24.3 Å². The molecule has 0 spiro atoms. The zero-order chi connectivity index (χ0) is 32.1. The van der Waals surface area contributed by atoms with E-state index >= 15 is 0 Å². The van der Waals surface area contributed by atoms with Gasteiger partial charge in [0.25, 0.3) is 0 Å². The second kappa shape index (κ2) is 13.4. The lowest BCUT2D eigenvalue weighted by molar-refractivity contribution is -0.274. The molecule has 14 heteroatoms. The third-order valence-electron chi connectivity index (χ3n) is 7.21. The largest absolute Gasteiger partial charge is 0.573 e. The Bertz CT molecular complexity index is 1930. The van der Waals surface area contributed by atoms with Crippen LogP contribution in [-0.2, 0) is 19.5 Å². The summed E-state index contributed by atoms with van der Waals surface area (Å²) in [6.07, 6.45) is -0.536. The molecule has 2 aromatic carbocycles. The molecule has 236 valence electrons. The third-order valence-corrected chi connectivity index (χ3v) is 7.21. The van der Waals surface area contributed by atoms with Gasteiger partial charge in [-0.15, -0.1) is 23.4 Å². The van der Waals surface area contributed by atoms with Gasteiger partial charge < -0.3 is 14.8 Å². The summed E-state index contributed by atoms with van der Waals surface area (Å²) in [6, 6.07) is 19.6. The molecule has 46 heavy (non-hydrogen) atoms. The highest BCUT2D eigenvalue weighted by molar-refractivity contribution is 6.01. The number of benzene rings is 2. The van der Waals surface area contributed by atoms with E-state index in [4.69, 9.17) is 0 Å². The number of ether oxygens (including phenoxy) is 1. The summed E-state index contributed by atoms with van der Waals surface area (Å²) < 4.78 is 57.8. The maximum Gasteiger partial charge on any atom is 0.573 e. The van der Waals surface area contributed by atoms with Gasteiger partial charge in [-0.2, -0.15) is 5.10 Å². The number of alkyl halides is 3. The first-order chi connectivity index (χ1) is 22.2. The number of aromatic nitrogens is 7. The Kier molecular flexibility index (Phi) is 8.99. The van der Waals surface area contributed by atoms with Gasteiger partial charge in [-0.05, 0) is 67.3 Å². The fraction of sp³-hybridized carbons (Fsp3) is 0.219. The van der Waals surface area contributed by atoms with Crippen LogP contribution in [0.4, 0.5) is 17.6 Å². The Morgan fingerprint density at radius 2 is 1.80 bits per heavy atom. The van der Waals surface area contributed by atoms with Crippen molar-refractivity contribution in [1.82, 2.24) is 40.5 Å². The molecule has 0 aliphatic heterocycles. The summed E-state index contributed by atoms with van der Waals surface area (Å²) in [4.78, 5) is 7.74. The summed E-state index contributed by atoms with van der Waals surface area (Å²) in [5.41, 5.74) is 4.51. The minimum atomic E-state index is -4.79. The molecule has 0 aliphatic rings. The lowest BCUT2D eigenvalue weighted by Crippen LogP contribution is -2.21. The van der Waals surface area contributed by atoms with Crippen molar-refractivity contribution in [2.24, 2.45) is 0 Å². The number of aliphatic hydroxyl groups is 1. The van der Waals surface area contributed by atoms with Crippen molar-refractivity contribution < 1.29 is 27.4 Å². The number of fused-ring (bicyclic) bond motifs is 1. The fourth-order valence-corrected chi connectivity index (χ4v) is 5.09. The molecular weight excluding hydrogens is 604 g/mol. The quantitative estimate of drug-likeness (QED) is 0.0837. The van der Waals surface area contributed by atoms with Crippen LogP contribution in [0, 0.1) is 5.82 Å². The van der Waals surface area contributed by atoms with Crippen molar-refractivity contribution in [3.8, 4) is 28.3 Å². The molecule has 0 amide bonds. The number of unbranched alkanes of at least 4 members (excludes halogenated alkanes) is 1. The van der Waals surface area contributed by atoms with Crippen LogP contribution in [0.1, 0.15) is 36.0 Å². The average Bonchev–Trinajstić information content (AvgIpc) is 3.67. The van der Waals surface area contributed by atoms with Crippen molar-refractivity contribution in [2.45, 2.75) is 44.9 Å². The molecule has 10 nitrogen and oxygen atoms in total. The van der Waals surface area contributed by atoms with E-state index in [9.17, 15) is 22.7 Å². The van der Waals surface area contributed by atoms with Crippen LogP contribution in [0.3, 0.4) is 0 Å². The summed E-state index contributed by atoms with van der Waals surface area (Å²) in [6.45, 7) is 0.617. The number of nitrogens with zero attached hydrogens (tertiary/aromatic N) is 6. The van der Waals surface area contributed by atoms with Crippen molar-refractivity contribution in [1.29, 1.82) is 0 Å². The van der Waals surface area contributed by atoms with Crippen LogP contribution in [0.2, 0.25) is 0 Å². The van der Waals surface area contributed by atoms with Gasteiger partial charge in [-0.25, -0.2) is 4.39 Å². The molecule has 3 N–H and O–H groups in total. The van der Waals surface area contributed by atoms with Gasteiger partial charge in [0.1, 0.15) is 17.3 Å². The smallest absolute Gasteiger partial charge is 0.406 e. The topological polar surface area (TPSA) is 127 Å². The molecular formula is C32H28F4N8O2. The van der Waals surface area contributed by atoms with Crippen LogP contribution in [0.5, 0.6) is 5.75 Å². The van der Waals surface area contributed by atoms with E-state index in [-0.39, 0.29) is 23.8 Å². The number of aromatic amines is 1. The molecule has 0 aliphatic carbocycles. The van der Waals surface area contributed by atoms with Crippen LogP contribution in [0.25, 0.3) is 33.5 Å². The van der Waals surface area contributed by atoms with Gasteiger partial charge in [0.05, 0.1) is 23.3 Å². The molecule has 1 atom stereocenters. The Hall–Kier alpha value is -5.21. The Labute approximate surface area is 260 Å². The third kappa shape index (κ3) is 7.35. The SMILES string of the molecule is OC(NCc1cccc(OC(F)(F)F)c1)c1cn(CCCCc2cc3c(-c4ccccn4)c(-c4ccccc4F)[nH]c3nn2)nn1. The predicted molar refractivity (Wildman–Crippen MR) is 160 cm³/mol. The molecule has 0 radical (unpaired) electrons. The summed E-state index contributed by atoms with van der Waals surface area (Å²) >= 11 is 0. The lowest BCUT2D eigenvalue weighted by Gasteiger charge is -2.12. The molecule has 0 fully saturated rings. The Balaban J connectivity index is 1.07. The van der Waals surface area contributed by atoms with E-state index in [0.717, 1.165) is 29.5 Å². The van der Waals surface area contributed by atoms with Crippen molar-refractivity contribution in [3.05, 3.63) is 108 Å². The minimum absolute atomic E-state index is 0.0828. The maximum absolute atomic E-state index is 14.8. The van der Waals surface area contributed by atoms with Crippen molar-refractivity contribution >= 4 is 11.0 Å². The van der Waals surface area contributed by atoms with Crippen LogP contribution >= 0.6 is 0 Å². The number of aliphatic hydroxyl groups excluding tert-OH is 1. The molecule has 4 aromatic heterocycles. The highest BCUT2D eigenvalue weighted by Crippen LogP contribution is 2.37. The Morgan fingerprint density at radius 3 is 2.61 bits per heavy atom. The summed E-state index contributed by atoms with van der Waals surface area (Å²) in [7, 11) is 0. The van der Waals surface area contributed by atoms with E-state index in [1.54, 1.807) is 41.3 Å². The fourth-order valence-electron chi connectivity index (χ4n) is 5.09. The number of pyridine rings is 1. The van der Waals surface area contributed by atoms with Crippen LogP contribution < -0.4 is 10.1 Å². The van der Waals surface area contributed by atoms with E-state index in [1.807, 2.05) is 24.3 Å². The normalized spacial score (nSPS) is 12.5. The number of H-pyrrole nitrogens is 1. The average molecular weight is 633 g/mol. The second-order valence-electron chi connectivity index (χ2n) is 10.5. The van der Waals surface area contributed by atoms with Gasteiger partial charge >= 0.3 is 6.36 Å². The van der Waals surface area contributed by atoms with Gasteiger partial charge in [0.2, 0.25) is 0 Å². The van der Waals surface area contributed by atoms with E-state index in [0.29, 0.717) is 41.1 Å². The first-order valence-electron chi connectivity index (χ1n) is 14.4. The van der Waals surface area contributed by atoms with Crippen molar-refractivity contribution in [3.63, 3.8) is 0 Å². The first-order valence-corrected chi connectivity index (χ1v) is 14.4. The van der Waals surface area contributed by atoms with Crippen LogP contribution in [-0.4, -0.2) is 46.6 Å². The lowest BCUT2D eigenvalue weighted by atomic mass is 10.0. The molecule has 6 aromatic rings. The van der Waals surface area contributed by atoms with E-state index in [2.05, 4.69) is 40.5 Å². The number of hydrogen-bond donors (Lipinski definition) is 3. The molecule has 6 rings (SSSR count). The molecule has 1 unspecified atom stereocenters. The standard InChI is InChI=1S/C32H28F4N8O2/c33-25-12-2-1-11-23(25)29-28(26-13-3-5-14-37-26)24-17-21(40-42-30(24)39-29)9-4-6-15-44-19-27(41-43-44)31(45)38-18-20-8-7-10-22(16-20)46-32(34,35)36/h1-3,5,7-8,10-14,16-17,19,31,38,45H,4,6,9,15,18H2,(H,39,42). The zero-order valence-electron chi connectivity index (χ0n) is 24.2. The first kappa shape index (κ1) is 30.8.